The molecule has 0 fully saturated rings. The van der Waals surface area contributed by atoms with Gasteiger partial charge in [0.15, 0.2) is 0 Å². The Bertz CT molecular complexity index is 298. The maximum Gasteiger partial charge on any atom is 0.225 e. The molecule has 0 aromatic heterocycles. The summed E-state index contributed by atoms with van der Waals surface area (Å²) in [7, 11) is 0. The van der Waals surface area contributed by atoms with Gasteiger partial charge in [-0.1, -0.05) is 30.9 Å². The lowest BCUT2D eigenvalue weighted by molar-refractivity contribution is -0.120. The highest BCUT2D eigenvalue weighted by Crippen LogP contribution is 2.19. The third-order valence-corrected chi connectivity index (χ3v) is 2.89. The summed E-state index contributed by atoms with van der Waals surface area (Å²) in [5, 5.41) is 2.90. The van der Waals surface area contributed by atoms with Crippen LogP contribution >= 0.6 is 0 Å². The van der Waals surface area contributed by atoms with E-state index in [1.54, 1.807) is 0 Å². The number of carbonyl (C=O) groups excluding carboxylic acids is 1. The highest BCUT2D eigenvalue weighted by atomic mass is 16.1. The SMILES string of the molecule is C#CC(CCC)NC(=O)CC1=CCCCC1. The van der Waals surface area contributed by atoms with Crippen molar-refractivity contribution in [1.29, 1.82) is 0 Å². The molecule has 1 rings (SSSR count). The van der Waals surface area contributed by atoms with Gasteiger partial charge in [-0.15, -0.1) is 6.42 Å². The van der Waals surface area contributed by atoms with E-state index in [2.05, 4.69) is 24.2 Å². The third-order valence-electron chi connectivity index (χ3n) is 2.89. The first-order chi connectivity index (χ1) is 7.76. The summed E-state index contributed by atoms with van der Waals surface area (Å²) < 4.78 is 0. The van der Waals surface area contributed by atoms with E-state index >= 15 is 0 Å². The van der Waals surface area contributed by atoms with E-state index in [1.165, 1.54) is 18.4 Å². The smallest absolute Gasteiger partial charge is 0.225 e. The Labute approximate surface area is 98.5 Å². The zero-order valence-corrected chi connectivity index (χ0v) is 10.1. The maximum absolute atomic E-state index is 11.7. The van der Waals surface area contributed by atoms with Gasteiger partial charge < -0.3 is 5.32 Å². The highest BCUT2D eigenvalue weighted by Gasteiger charge is 2.11. The van der Waals surface area contributed by atoms with Crippen molar-refractivity contribution < 1.29 is 4.79 Å². The fraction of sp³-hybridized carbons (Fsp3) is 0.643. The molecule has 0 heterocycles. The summed E-state index contributed by atoms with van der Waals surface area (Å²) in [4.78, 5) is 11.7. The molecule has 1 N–H and O–H groups in total. The summed E-state index contributed by atoms with van der Waals surface area (Å²) in [5.41, 5.74) is 1.27. The van der Waals surface area contributed by atoms with Crippen LogP contribution in [-0.4, -0.2) is 11.9 Å². The van der Waals surface area contributed by atoms with Crippen LogP contribution < -0.4 is 5.32 Å². The second kappa shape index (κ2) is 7.11. The first kappa shape index (κ1) is 12.8. The van der Waals surface area contributed by atoms with Crippen molar-refractivity contribution in [3.8, 4) is 12.3 Å². The van der Waals surface area contributed by atoms with Crippen LogP contribution in [0.25, 0.3) is 0 Å². The molecule has 1 aliphatic carbocycles. The molecule has 2 heteroatoms. The zero-order chi connectivity index (χ0) is 11.8. The number of allylic oxidation sites excluding steroid dienone is 1. The summed E-state index contributed by atoms with van der Waals surface area (Å²) in [6.45, 7) is 2.07. The predicted octanol–water partition coefficient (Wildman–Crippen LogP) is 2.80. The van der Waals surface area contributed by atoms with E-state index < -0.39 is 0 Å². The molecule has 0 aromatic carbocycles. The van der Waals surface area contributed by atoms with E-state index in [4.69, 9.17) is 6.42 Å². The summed E-state index contributed by atoms with van der Waals surface area (Å²) in [6.07, 6.45) is 14.6. The Morgan fingerprint density at radius 1 is 1.62 bits per heavy atom. The number of terminal acetylenes is 1. The van der Waals surface area contributed by atoms with E-state index in [1.807, 2.05) is 0 Å². The highest BCUT2D eigenvalue weighted by molar-refractivity contribution is 5.79. The van der Waals surface area contributed by atoms with Crippen LogP contribution in [0.3, 0.4) is 0 Å². The number of hydrogen-bond donors (Lipinski definition) is 1. The summed E-state index contributed by atoms with van der Waals surface area (Å²) in [6, 6.07) is -0.0957. The van der Waals surface area contributed by atoms with Crippen molar-refractivity contribution in [3.63, 3.8) is 0 Å². The molecule has 1 unspecified atom stereocenters. The standard InChI is InChI=1S/C14H21NO/c1-3-8-13(4-2)15-14(16)11-12-9-6-5-7-10-12/h2,9,13H,3,5-8,10-11H2,1H3,(H,15,16). The second-order valence-electron chi connectivity index (χ2n) is 4.36. The van der Waals surface area contributed by atoms with E-state index in [9.17, 15) is 4.79 Å². The number of nitrogens with one attached hydrogen (secondary N) is 1. The molecule has 0 bridgehead atoms. The average Bonchev–Trinajstić information content (AvgIpc) is 2.29. The Morgan fingerprint density at radius 3 is 3.00 bits per heavy atom. The Balaban J connectivity index is 2.34. The molecule has 2 nitrogen and oxygen atoms in total. The van der Waals surface area contributed by atoms with Gasteiger partial charge in [-0.25, -0.2) is 0 Å². The molecule has 1 atom stereocenters. The van der Waals surface area contributed by atoms with E-state index in [-0.39, 0.29) is 11.9 Å². The van der Waals surface area contributed by atoms with Crippen LogP contribution in [0.4, 0.5) is 0 Å². The molecule has 0 radical (unpaired) electrons. The number of carbonyl (C=O) groups is 1. The van der Waals surface area contributed by atoms with Crippen molar-refractivity contribution in [2.24, 2.45) is 0 Å². The predicted molar refractivity (Wildman–Crippen MR) is 66.8 cm³/mol. The van der Waals surface area contributed by atoms with Gasteiger partial charge in [0.2, 0.25) is 5.91 Å². The molecule has 88 valence electrons. The van der Waals surface area contributed by atoms with Crippen molar-refractivity contribution in [1.82, 2.24) is 5.32 Å². The van der Waals surface area contributed by atoms with Crippen LogP contribution in [0.5, 0.6) is 0 Å². The zero-order valence-electron chi connectivity index (χ0n) is 10.1. The summed E-state index contributed by atoms with van der Waals surface area (Å²) in [5.74, 6) is 2.69. The lowest BCUT2D eigenvalue weighted by Crippen LogP contribution is -2.33. The van der Waals surface area contributed by atoms with E-state index in [0.29, 0.717) is 6.42 Å². The molecule has 0 spiro atoms. The normalized spacial score (nSPS) is 17.1. The number of rotatable bonds is 5. The molecule has 0 aliphatic heterocycles. The molecule has 0 saturated carbocycles. The van der Waals surface area contributed by atoms with Crippen LogP contribution in [0, 0.1) is 12.3 Å². The number of amides is 1. The fourth-order valence-corrected chi connectivity index (χ4v) is 2.00. The monoisotopic (exact) mass is 219 g/mol. The molecule has 16 heavy (non-hydrogen) atoms. The van der Waals surface area contributed by atoms with Gasteiger partial charge in [0.25, 0.3) is 0 Å². The Hall–Kier alpha value is -1.23. The van der Waals surface area contributed by atoms with Gasteiger partial charge in [-0.2, -0.15) is 0 Å². The van der Waals surface area contributed by atoms with Crippen LogP contribution in [0.1, 0.15) is 51.9 Å². The van der Waals surface area contributed by atoms with Gasteiger partial charge in [0.1, 0.15) is 0 Å². The van der Waals surface area contributed by atoms with Gasteiger partial charge in [-0.05, 0) is 32.1 Å². The van der Waals surface area contributed by atoms with Gasteiger partial charge in [0.05, 0.1) is 6.04 Å². The quantitative estimate of drug-likeness (QED) is 0.559. The lowest BCUT2D eigenvalue weighted by atomic mass is 9.97. The lowest BCUT2D eigenvalue weighted by Gasteiger charge is -2.15. The van der Waals surface area contributed by atoms with Gasteiger partial charge in [-0.3, -0.25) is 4.79 Å². The minimum Gasteiger partial charge on any atom is -0.342 e. The maximum atomic E-state index is 11.7. The Kier molecular flexibility index (Phi) is 5.71. The minimum absolute atomic E-state index is 0.0737. The topological polar surface area (TPSA) is 29.1 Å². The molecule has 1 aliphatic rings. The van der Waals surface area contributed by atoms with E-state index in [0.717, 1.165) is 25.7 Å². The van der Waals surface area contributed by atoms with Crippen molar-refractivity contribution >= 4 is 5.91 Å². The minimum atomic E-state index is -0.0957. The van der Waals surface area contributed by atoms with Gasteiger partial charge in [0, 0.05) is 6.42 Å². The fourth-order valence-electron chi connectivity index (χ4n) is 2.00. The number of hydrogen-bond acceptors (Lipinski definition) is 1. The van der Waals surface area contributed by atoms with Crippen molar-refractivity contribution in [2.75, 3.05) is 0 Å². The summed E-state index contributed by atoms with van der Waals surface area (Å²) >= 11 is 0. The molecule has 0 aromatic rings. The first-order valence-electron chi connectivity index (χ1n) is 6.19. The van der Waals surface area contributed by atoms with Crippen LogP contribution in [0.2, 0.25) is 0 Å². The van der Waals surface area contributed by atoms with Crippen molar-refractivity contribution in [3.05, 3.63) is 11.6 Å². The average molecular weight is 219 g/mol. The third kappa shape index (κ3) is 4.53. The molecule has 1 amide bonds. The van der Waals surface area contributed by atoms with Gasteiger partial charge >= 0.3 is 0 Å². The largest absolute Gasteiger partial charge is 0.342 e. The molecule has 0 saturated heterocycles. The van der Waals surface area contributed by atoms with Crippen LogP contribution in [-0.2, 0) is 4.79 Å². The van der Waals surface area contributed by atoms with Crippen LogP contribution in [0.15, 0.2) is 11.6 Å². The second-order valence-corrected chi connectivity index (χ2v) is 4.36. The Morgan fingerprint density at radius 2 is 2.44 bits per heavy atom. The van der Waals surface area contributed by atoms with Crippen molar-refractivity contribution in [2.45, 2.75) is 57.9 Å². The first-order valence-corrected chi connectivity index (χ1v) is 6.19. The molecular formula is C14H21NO. The molecular weight excluding hydrogens is 198 g/mol.